The molecule has 9 N–H and O–H groups in total. The van der Waals surface area contributed by atoms with Crippen molar-refractivity contribution in [2.24, 2.45) is 22.6 Å². The van der Waals surface area contributed by atoms with Crippen LogP contribution in [0.15, 0.2) is 46.7 Å². The van der Waals surface area contributed by atoms with Crippen LogP contribution in [0.2, 0.25) is 0 Å². The Morgan fingerprint density at radius 3 is 2.16 bits per heavy atom. The molecule has 16 nitrogen and oxygen atoms in total. The van der Waals surface area contributed by atoms with Gasteiger partial charge in [-0.05, 0) is 31.9 Å². The van der Waals surface area contributed by atoms with Gasteiger partial charge in [-0.15, -0.1) is 24.8 Å². The average Bonchev–Trinajstić information content (AvgIpc) is 3.31. The summed E-state index contributed by atoms with van der Waals surface area (Å²) in [4.78, 5) is 33.0. The van der Waals surface area contributed by atoms with Crippen LogP contribution in [0.3, 0.4) is 0 Å². The van der Waals surface area contributed by atoms with Gasteiger partial charge in [-0.1, -0.05) is 27.4 Å². The minimum atomic E-state index is -1.71. The van der Waals surface area contributed by atoms with Crippen molar-refractivity contribution in [3.05, 3.63) is 47.4 Å². The second kappa shape index (κ2) is 15.7. The van der Waals surface area contributed by atoms with Crippen LogP contribution < -0.4 is 17.2 Å². The second-order valence-corrected chi connectivity index (χ2v) is 11.4. The second-order valence-electron chi connectivity index (χ2n) is 11.4. The van der Waals surface area contributed by atoms with E-state index < -0.39 is 72.9 Å². The molecule has 3 unspecified atom stereocenters. The molecule has 4 heterocycles. The number of nitrogens with two attached hydrogens (primary N) is 2. The maximum atomic E-state index is 12.3. The smallest absolute Gasteiger partial charge is 0.351 e. The summed E-state index contributed by atoms with van der Waals surface area (Å²) in [5.74, 6) is -0.0871. The van der Waals surface area contributed by atoms with Crippen LogP contribution >= 0.6 is 24.8 Å². The lowest BCUT2D eigenvalue weighted by molar-refractivity contribution is -0.170. The Hall–Kier alpha value is -2.80. The molecule has 9 atom stereocenters. The van der Waals surface area contributed by atoms with Crippen LogP contribution in [-0.4, -0.2) is 107 Å². The highest BCUT2D eigenvalue weighted by molar-refractivity contribution is 5.92. The molecule has 18 heteroatoms. The first-order valence-corrected chi connectivity index (χ1v) is 13.7. The number of amidine groups is 1. The van der Waals surface area contributed by atoms with E-state index in [4.69, 9.17) is 30.8 Å². The normalized spacial score (nSPS) is 33.0. The number of nitrogen functional groups attached to an aromatic ring is 1. The van der Waals surface area contributed by atoms with Gasteiger partial charge in [0, 0.05) is 12.4 Å². The van der Waals surface area contributed by atoms with Crippen molar-refractivity contribution < 1.29 is 44.5 Å². The van der Waals surface area contributed by atoms with Crippen LogP contribution in [0.4, 0.5) is 5.82 Å². The summed E-state index contributed by atoms with van der Waals surface area (Å²) in [6, 6.07) is 1.37. The Bertz CT molecular complexity index is 1310. The largest absolute Gasteiger partial charge is 0.456 e. The Kier molecular flexibility index (Phi) is 14.0. The Labute approximate surface area is 272 Å². The highest BCUT2D eigenvalue weighted by Gasteiger charge is 2.57. The molecule has 3 aliphatic rings. The molecular weight excluding hydrogens is 639 g/mol. The van der Waals surface area contributed by atoms with E-state index >= 15 is 0 Å². The number of nitrogens with zero attached hydrogens (tertiary/aromatic N) is 4. The topological polar surface area (TPSA) is 248 Å². The van der Waals surface area contributed by atoms with Crippen LogP contribution in [0.25, 0.3) is 0 Å². The minimum Gasteiger partial charge on any atom is -0.456 e. The fourth-order valence-corrected chi connectivity index (χ4v) is 4.77. The van der Waals surface area contributed by atoms with E-state index in [0.717, 1.165) is 4.57 Å². The summed E-state index contributed by atoms with van der Waals surface area (Å²) in [5, 5.41) is 49.6. The molecule has 0 aromatic carbocycles. The van der Waals surface area contributed by atoms with E-state index in [1.807, 2.05) is 13.8 Å². The number of halogens is 2. The number of rotatable bonds is 7. The van der Waals surface area contributed by atoms with E-state index in [9.17, 15) is 30.0 Å². The van der Waals surface area contributed by atoms with Crippen molar-refractivity contribution in [2.45, 2.75) is 82.7 Å². The number of aromatic nitrogens is 2. The predicted octanol–water partition coefficient (Wildman–Crippen LogP) is -1.01. The first-order chi connectivity index (χ1) is 20.0. The number of hydrogen-bond acceptors (Lipinski definition) is 15. The fourth-order valence-electron chi connectivity index (χ4n) is 4.77. The molecule has 3 aliphatic heterocycles. The van der Waals surface area contributed by atoms with Crippen LogP contribution in [0.5, 0.6) is 0 Å². The lowest BCUT2D eigenvalue weighted by Crippen LogP contribution is -2.53. The number of esters is 1. The van der Waals surface area contributed by atoms with Crippen molar-refractivity contribution in [1.82, 2.24) is 14.5 Å². The van der Waals surface area contributed by atoms with Gasteiger partial charge in [-0.3, -0.25) is 9.36 Å². The summed E-state index contributed by atoms with van der Waals surface area (Å²) in [6.45, 7) is 11.3. The fraction of sp³-hybridized carbons (Fsp3) is 0.630. The monoisotopic (exact) mass is 682 g/mol. The Balaban J connectivity index is 0.000000451. The van der Waals surface area contributed by atoms with E-state index in [1.165, 1.54) is 31.0 Å². The van der Waals surface area contributed by atoms with Gasteiger partial charge in [0.1, 0.15) is 47.0 Å². The number of carbonyl (C=O) groups excluding carboxylic acids is 1. The van der Waals surface area contributed by atoms with Gasteiger partial charge in [0.15, 0.2) is 18.6 Å². The summed E-state index contributed by atoms with van der Waals surface area (Å²) in [6.07, 6.45) is -1.79. The molecule has 2 saturated heterocycles. The SMILES string of the molecule is C=C1N=C(N)C=CN1[C@@H]1O[C@H](CO)C(OC(=O)C(C)C(C)C)[C@]1(C)O.C[C@]1(O)C(O)[C@@H](CO)O[C@H]1n1ccc(N)nc1=O.Cl.Cl. The highest BCUT2D eigenvalue weighted by atomic mass is 35.5. The number of anilines is 1. The molecule has 0 radical (unpaired) electrons. The van der Waals surface area contributed by atoms with Gasteiger partial charge < -0.3 is 56.1 Å². The van der Waals surface area contributed by atoms with Gasteiger partial charge in [-0.25, -0.2) is 9.79 Å². The minimum absolute atomic E-state index is 0. The molecule has 0 amide bonds. The van der Waals surface area contributed by atoms with Crippen molar-refractivity contribution >= 4 is 42.4 Å². The first kappa shape index (κ1) is 40.2. The first-order valence-electron chi connectivity index (χ1n) is 13.7. The number of aliphatic hydroxyl groups is 5. The lowest BCUT2D eigenvalue weighted by Gasteiger charge is -2.36. The standard InChI is InChI=1S/C17H27N3O5.C10H15N3O5.2ClH/c1-9(2)10(3)15(22)25-14-12(8-21)24-16(17(14,5)23)20-7-6-13(18)19-11(20)4;1-10(17)7(15)5(4-14)18-8(10)13-3-2-6(11)12-9(13)16;;/h6-7,9-10,12,14,16,21,23H,4,8H2,1-3,5H3,(H2,18,19);2-3,5,7-8,14-15,17H,4H2,1H3,(H2,11,12,16);2*1H/t10?,12-,14?,16-,17+;5-,7?,8-,10+;;/m11../s1. The van der Waals surface area contributed by atoms with Crippen molar-refractivity contribution in [3.63, 3.8) is 0 Å². The van der Waals surface area contributed by atoms with Gasteiger partial charge in [0.05, 0.1) is 19.1 Å². The van der Waals surface area contributed by atoms with Crippen LogP contribution in [0.1, 0.15) is 40.8 Å². The zero-order chi connectivity index (χ0) is 32.4. The zero-order valence-corrected chi connectivity index (χ0v) is 27.2. The molecule has 256 valence electrons. The summed E-state index contributed by atoms with van der Waals surface area (Å²) < 4.78 is 17.6. The Morgan fingerprint density at radius 2 is 1.67 bits per heavy atom. The molecule has 1 aromatic heterocycles. The third-order valence-corrected chi connectivity index (χ3v) is 7.77. The van der Waals surface area contributed by atoms with Gasteiger partial charge in [0.2, 0.25) is 0 Å². The van der Waals surface area contributed by atoms with Crippen LogP contribution in [-0.2, 0) is 19.0 Å². The molecular formula is C27H44Cl2N6O10. The highest BCUT2D eigenvalue weighted by Crippen LogP contribution is 2.38. The number of carbonyl (C=O) groups is 1. The molecule has 1 aromatic rings. The molecule has 4 rings (SSSR count). The van der Waals surface area contributed by atoms with Crippen molar-refractivity contribution in [2.75, 3.05) is 18.9 Å². The van der Waals surface area contributed by atoms with Gasteiger partial charge in [-0.2, -0.15) is 4.98 Å². The molecule has 0 spiro atoms. The summed E-state index contributed by atoms with van der Waals surface area (Å²) >= 11 is 0. The number of ether oxygens (including phenoxy) is 3. The zero-order valence-electron chi connectivity index (χ0n) is 25.6. The van der Waals surface area contributed by atoms with Crippen molar-refractivity contribution in [1.29, 1.82) is 0 Å². The molecule has 45 heavy (non-hydrogen) atoms. The maximum absolute atomic E-state index is 12.3. The summed E-state index contributed by atoms with van der Waals surface area (Å²) in [5.41, 5.74) is 6.98. The predicted molar refractivity (Wildman–Crippen MR) is 167 cm³/mol. The molecule has 0 aliphatic carbocycles. The quantitative estimate of drug-likeness (QED) is 0.170. The molecule has 0 saturated carbocycles. The van der Waals surface area contributed by atoms with E-state index in [0.29, 0.717) is 0 Å². The number of aliphatic hydroxyl groups excluding tert-OH is 3. The van der Waals surface area contributed by atoms with E-state index in [1.54, 1.807) is 19.2 Å². The molecule has 2 fully saturated rings. The summed E-state index contributed by atoms with van der Waals surface area (Å²) in [7, 11) is 0. The van der Waals surface area contributed by atoms with E-state index in [2.05, 4.69) is 16.6 Å². The third kappa shape index (κ3) is 8.33. The van der Waals surface area contributed by atoms with E-state index in [-0.39, 0.29) is 54.1 Å². The lowest BCUT2D eigenvalue weighted by atomic mass is 9.94. The number of hydrogen-bond donors (Lipinski definition) is 7. The van der Waals surface area contributed by atoms with Crippen LogP contribution in [0, 0.1) is 11.8 Å². The number of aliphatic imine (C=N–C) groups is 1. The molecule has 0 bridgehead atoms. The van der Waals surface area contributed by atoms with Gasteiger partial charge >= 0.3 is 11.7 Å². The maximum Gasteiger partial charge on any atom is 0.351 e. The van der Waals surface area contributed by atoms with Crippen molar-refractivity contribution in [3.8, 4) is 0 Å². The Morgan fingerprint density at radius 1 is 1.09 bits per heavy atom. The third-order valence-electron chi connectivity index (χ3n) is 7.77. The van der Waals surface area contributed by atoms with Gasteiger partial charge in [0.25, 0.3) is 0 Å². The average molecular weight is 684 g/mol.